The summed E-state index contributed by atoms with van der Waals surface area (Å²) in [6, 6.07) is 13.2. The second kappa shape index (κ2) is 6.41. The maximum atomic E-state index is 6.11. The predicted octanol–water partition coefficient (Wildman–Crippen LogP) is 4.38. The van der Waals surface area contributed by atoms with E-state index in [4.69, 9.17) is 5.73 Å². The zero-order valence-electron chi connectivity index (χ0n) is 10.8. The van der Waals surface area contributed by atoms with Crippen molar-refractivity contribution < 1.29 is 0 Å². The first-order valence-electron chi connectivity index (χ1n) is 6.13. The fourth-order valence-corrected chi connectivity index (χ4v) is 4.22. The Morgan fingerprint density at radius 2 is 2.11 bits per heavy atom. The van der Waals surface area contributed by atoms with E-state index in [-0.39, 0.29) is 6.04 Å². The van der Waals surface area contributed by atoms with Gasteiger partial charge in [0.2, 0.25) is 0 Å². The van der Waals surface area contributed by atoms with Crippen molar-refractivity contribution in [2.75, 3.05) is 0 Å². The molecule has 0 aliphatic rings. The molecule has 0 saturated carbocycles. The summed E-state index contributed by atoms with van der Waals surface area (Å²) in [4.78, 5) is 1.38. The Morgan fingerprint density at radius 1 is 1.28 bits per heavy atom. The minimum absolute atomic E-state index is 0.179. The van der Waals surface area contributed by atoms with Crippen molar-refractivity contribution in [2.45, 2.75) is 30.9 Å². The van der Waals surface area contributed by atoms with Crippen molar-refractivity contribution in [3.8, 4) is 0 Å². The van der Waals surface area contributed by atoms with Crippen molar-refractivity contribution in [2.24, 2.45) is 5.73 Å². The standard InChI is InChI=1S/C15H19NS2/c1-11-5-3-6-13(9-11)10-18-15(12(2)16)14-7-4-8-17-14/h3-9,12,15H,10,16H2,1-2H3. The average Bonchev–Trinajstić information content (AvgIpc) is 2.82. The van der Waals surface area contributed by atoms with Crippen LogP contribution in [0.1, 0.15) is 28.2 Å². The fourth-order valence-electron chi connectivity index (χ4n) is 1.93. The van der Waals surface area contributed by atoms with Gasteiger partial charge in [-0.2, -0.15) is 0 Å². The molecule has 96 valence electrons. The van der Waals surface area contributed by atoms with E-state index < -0.39 is 0 Å². The number of aryl methyl sites for hydroxylation is 1. The smallest absolute Gasteiger partial charge is 0.0542 e. The van der Waals surface area contributed by atoms with Crippen LogP contribution in [0, 0.1) is 6.92 Å². The summed E-state index contributed by atoms with van der Waals surface area (Å²) < 4.78 is 0. The van der Waals surface area contributed by atoms with Gasteiger partial charge in [0.1, 0.15) is 0 Å². The first-order valence-corrected chi connectivity index (χ1v) is 8.06. The number of nitrogens with two attached hydrogens (primary N) is 1. The topological polar surface area (TPSA) is 26.0 Å². The normalized spacial score (nSPS) is 14.4. The van der Waals surface area contributed by atoms with E-state index in [2.05, 4.69) is 55.6 Å². The van der Waals surface area contributed by atoms with Gasteiger partial charge in [-0.3, -0.25) is 0 Å². The lowest BCUT2D eigenvalue weighted by atomic mass is 10.2. The van der Waals surface area contributed by atoms with Gasteiger partial charge in [-0.05, 0) is 30.9 Å². The third-order valence-electron chi connectivity index (χ3n) is 2.81. The Hall–Kier alpha value is -0.770. The Labute approximate surface area is 117 Å². The maximum absolute atomic E-state index is 6.11. The number of hydrogen-bond acceptors (Lipinski definition) is 3. The highest BCUT2D eigenvalue weighted by Gasteiger charge is 2.17. The van der Waals surface area contributed by atoms with Crippen LogP contribution in [0.4, 0.5) is 0 Å². The van der Waals surface area contributed by atoms with Gasteiger partial charge in [-0.15, -0.1) is 23.1 Å². The van der Waals surface area contributed by atoms with Gasteiger partial charge >= 0.3 is 0 Å². The summed E-state index contributed by atoms with van der Waals surface area (Å²) >= 11 is 3.73. The molecule has 0 saturated heterocycles. The van der Waals surface area contributed by atoms with E-state index in [0.717, 1.165) is 5.75 Å². The monoisotopic (exact) mass is 277 g/mol. The first kappa shape index (κ1) is 13.7. The highest BCUT2D eigenvalue weighted by Crippen LogP contribution is 2.36. The number of thiophene rings is 1. The van der Waals surface area contributed by atoms with E-state index in [1.807, 2.05) is 11.8 Å². The van der Waals surface area contributed by atoms with Crippen LogP contribution in [0.3, 0.4) is 0 Å². The minimum atomic E-state index is 0.179. The van der Waals surface area contributed by atoms with Gasteiger partial charge < -0.3 is 5.73 Å². The molecule has 0 fully saturated rings. The van der Waals surface area contributed by atoms with E-state index in [1.54, 1.807) is 11.3 Å². The van der Waals surface area contributed by atoms with E-state index in [1.165, 1.54) is 16.0 Å². The van der Waals surface area contributed by atoms with Gasteiger partial charge in [-0.25, -0.2) is 0 Å². The van der Waals surface area contributed by atoms with Crippen LogP contribution < -0.4 is 5.73 Å². The van der Waals surface area contributed by atoms with Gasteiger partial charge in [0, 0.05) is 16.7 Å². The van der Waals surface area contributed by atoms with E-state index in [9.17, 15) is 0 Å². The molecule has 18 heavy (non-hydrogen) atoms. The SMILES string of the molecule is Cc1cccc(CSC(c2cccs2)C(C)N)c1. The molecule has 1 aromatic carbocycles. The van der Waals surface area contributed by atoms with Crippen LogP contribution in [-0.2, 0) is 5.75 Å². The molecule has 2 N–H and O–H groups in total. The highest BCUT2D eigenvalue weighted by atomic mass is 32.2. The summed E-state index contributed by atoms with van der Waals surface area (Å²) in [5, 5.41) is 2.52. The zero-order valence-corrected chi connectivity index (χ0v) is 12.4. The van der Waals surface area contributed by atoms with Crippen molar-refractivity contribution in [3.05, 3.63) is 57.8 Å². The molecule has 0 radical (unpaired) electrons. The predicted molar refractivity (Wildman–Crippen MR) is 83.2 cm³/mol. The summed E-state index contributed by atoms with van der Waals surface area (Å²) in [5.41, 5.74) is 8.81. The highest BCUT2D eigenvalue weighted by molar-refractivity contribution is 7.98. The lowest BCUT2D eigenvalue weighted by molar-refractivity contribution is 0.730. The molecule has 1 nitrogen and oxygen atoms in total. The van der Waals surface area contributed by atoms with Gasteiger partial charge in [0.25, 0.3) is 0 Å². The largest absolute Gasteiger partial charge is 0.327 e. The number of hydrogen-bond donors (Lipinski definition) is 1. The third-order valence-corrected chi connectivity index (χ3v) is 5.46. The molecule has 2 aromatic rings. The molecule has 2 unspecified atom stereocenters. The number of thioether (sulfide) groups is 1. The van der Waals surface area contributed by atoms with Crippen molar-refractivity contribution in [3.63, 3.8) is 0 Å². The Balaban J connectivity index is 2.03. The molecule has 2 rings (SSSR count). The van der Waals surface area contributed by atoms with Crippen LogP contribution in [0.5, 0.6) is 0 Å². The van der Waals surface area contributed by atoms with Gasteiger partial charge in [-0.1, -0.05) is 35.9 Å². The maximum Gasteiger partial charge on any atom is 0.0542 e. The molecule has 0 aliphatic heterocycles. The van der Waals surface area contributed by atoms with E-state index >= 15 is 0 Å². The lowest BCUT2D eigenvalue weighted by Crippen LogP contribution is -2.22. The Bertz CT molecular complexity index is 477. The summed E-state index contributed by atoms with van der Waals surface area (Å²) in [6.07, 6.45) is 0. The third kappa shape index (κ3) is 3.61. The first-order chi connectivity index (χ1) is 8.66. The average molecular weight is 277 g/mol. The fraction of sp³-hybridized carbons (Fsp3) is 0.333. The van der Waals surface area contributed by atoms with Crippen molar-refractivity contribution >= 4 is 23.1 Å². The molecule has 0 amide bonds. The Kier molecular flexibility index (Phi) is 4.87. The van der Waals surface area contributed by atoms with Crippen LogP contribution in [0.25, 0.3) is 0 Å². The van der Waals surface area contributed by atoms with Gasteiger partial charge in [0.15, 0.2) is 0 Å². The second-order valence-corrected chi connectivity index (χ2v) is 6.70. The number of rotatable bonds is 5. The summed E-state index contributed by atoms with van der Waals surface area (Å²) in [7, 11) is 0. The second-order valence-electron chi connectivity index (χ2n) is 4.60. The molecule has 1 heterocycles. The van der Waals surface area contributed by atoms with Crippen molar-refractivity contribution in [1.82, 2.24) is 0 Å². The molecule has 2 atom stereocenters. The molecule has 0 bridgehead atoms. The minimum Gasteiger partial charge on any atom is -0.327 e. The summed E-state index contributed by atoms with van der Waals surface area (Å²) in [5.74, 6) is 1.02. The quantitative estimate of drug-likeness (QED) is 0.877. The van der Waals surface area contributed by atoms with Crippen LogP contribution in [0.2, 0.25) is 0 Å². The number of benzene rings is 1. The van der Waals surface area contributed by atoms with Crippen LogP contribution in [-0.4, -0.2) is 6.04 Å². The van der Waals surface area contributed by atoms with Crippen LogP contribution in [0.15, 0.2) is 41.8 Å². The lowest BCUT2D eigenvalue weighted by Gasteiger charge is -2.19. The van der Waals surface area contributed by atoms with Crippen molar-refractivity contribution in [1.29, 1.82) is 0 Å². The Morgan fingerprint density at radius 3 is 2.72 bits per heavy atom. The molecule has 0 aliphatic carbocycles. The van der Waals surface area contributed by atoms with Crippen LogP contribution >= 0.6 is 23.1 Å². The molecule has 0 spiro atoms. The molecule has 1 aromatic heterocycles. The molecular formula is C15H19NS2. The van der Waals surface area contributed by atoms with E-state index in [0.29, 0.717) is 5.25 Å². The molecular weight excluding hydrogens is 258 g/mol. The molecule has 3 heteroatoms. The summed E-state index contributed by atoms with van der Waals surface area (Å²) in [6.45, 7) is 4.23. The zero-order chi connectivity index (χ0) is 13.0. The van der Waals surface area contributed by atoms with Gasteiger partial charge in [0.05, 0.1) is 5.25 Å².